The maximum Gasteiger partial charge on any atom is 0.420 e. The largest absolute Gasteiger partial charge is 0.420 e. The molecule has 0 aliphatic carbocycles. The van der Waals surface area contributed by atoms with Gasteiger partial charge in [0.25, 0.3) is 0 Å². The number of hydrogen-bond acceptors (Lipinski definition) is 4. The Kier molecular flexibility index (Phi) is 12.7. The van der Waals surface area contributed by atoms with E-state index < -0.39 is 33.3 Å². The molecule has 0 heterocycles. The van der Waals surface area contributed by atoms with Crippen LogP contribution in [0.3, 0.4) is 0 Å². The van der Waals surface area contributed by atoms with Crippen LogP contribution >= 0.6 is 15.0 Å². The minimum Gasteiger partial charge on any atom is -0.367 e. The van der Waals surface area contributed by atoms with E-state index in [4.69, 9.17) is 4.74 Å². The van der Waals surface area contributed by atoms with Gasteiger partial charge in [-0.2, -0.15) is 8.78 Å². The molecule has 0 aromatic rings. The molecule has 0 saturated carbocycles. The van der Waals surface area contributed by atoms with Crippen LogP contribution in [-0.4, -0.2) is 34.8 Å². The first-order valence-electron chi connectivity index (χ1n) is 9.46. The molecule has 0 rings (SSSR count). The zero-order valence-electron chi connectivity index (χ0n) is 17.9. The monoisotopic (exact) mass is 458 g/mol. The zero-order chi connectivity index (χ0) is 22.7. The molecule has 170 valence electrons. The second-order valence-electron chi connectivity index (χ2n) is 7.11. The summed E-state index contributed by atoms with van der Waals surface area (Å²) in [6, 6.07) is 0. The second kappa shape index (κ2) is 12.9. The van der Waals surface area contributed by atoms with Crippen molar-refractivity contribution in [3.05, 3.63) is 34.9 Å². The fraction of sp³-hybridized carbons (Fsp3) is 0.684. The predicted octanol–water partition coefficient (Wildman–Crippen LogP) is 6.42. The lowest BCUT2D eigenvalue weighted by atomic mass is 10.1. The Bertz CT molecular complexity index is 697. The van der Waals surface area contributed by atoms with Crippen LogP contribution in [0.2, 0.25) is 0 Å². The van der Waals surface area contributed by atoms with Crippen molar-refractivity contribution in [2.45, 2.75) is 65.7 Å². The van der Waals surface area contributed by atoms with Crippen LogP contribution in [0, 0.1) is 0 Å². The molecule has 6 nitrogen and oxygen atoms in total. The third-order valence-electron chi connectivity index (χ3n) is 4.00. The quantitative estimate of drug-likeness (QED) is 0.177. The van der Waals surface area contributed by atoms with E-state index in [0.717, 1.165) is 31.3 Å². The van der Waals surface area contributed by atoms with E-state index >= 15 is 0 Å². The van der Waals surface area contributed by atoms with E-state index in [2.05, 4.69) is 37.4 Å². The van der Waals surface area contributed by atoms with Gasteiger partial charge in [0.2, 0.25) is 0 Å². The average Bonchev–Trinajstić information content (AvgIpc) is 2.58. The number of hydrogen-bond donors (Lipinski definition) is 2. The average molecular weight is 458 g/mol. The van der Waals surface area contributed by atoms with Crippen molar-refractivity contribution in [2.24, 2.45) is 0 Å². The highest BCUT2D eigenvalue weighted by atomic mass is 31.2. The molecule has 0 bridgehead atoms. The second-order valence-corrected chi connectivity index (χ2v) is 11.5. The van der Waals surface area contributed by atoms with Crippen LogP contribution in [0.5, 0.6) is 0 Å². The van der Waals surface area contributed by atoms with Crippen molar-refractivity contribution in [3.63, 3.8) is 0 Å². The summed E-state index contributed by atoms with van der Waals surface area (Å²) >= 11 is 0. The molecule has 2 atom stereocenters. The summed E-state index contributed by atoms with van der Waals surface area (Å²) in [6.45, 7) is 8.63. The number of halogens is 2. The minimum atomic E-state index is -5.57. The summed E-state index contributed by atoms with van der Waals surface area (Å²) in [5.41, 5.74) is 3.53. The lowest BCUT2D eigenvalue weighted by molar-refractivity contribution is 0.0983. The van der Waals surface area contributed by atoms with Crippen molar-refractivity contribution in [3.8, 4) is 0 Å². The Morgan fingerprint density at radius 3 is 2.00 bits per heavy atom. The first-order valence-corrected chi connectivity index (χ1v) is 12.9. The number of alkyl halides is 2. The number of allylic oxidation sites excluding steroid dienone is 5. The zero-order valence-corrected chi connectivity index (χ0v) is 19.6. The van der Waals surface area contributed by atoms with Gasteiger partial charge in [0, 0.05) is 0 Å². The maximum atomic E-state index is 13.9. The van der Waals surface area contributed by atoms with Gasteiger partial charge in [0.15, 0.2) is 0 Å². The van der Waals surface area contributed by atoms with E-state index in [1.165, 1.54) is 18.1 Å². The van der Waals surface area contributed by atoms with E-state index in [1.54, 1.807) is 6.08 Å². The minimum absolute atomic E-state index is 0.153. The summed E-state index contributed by atoms with van der Waals surface area (Å²) < 4.78 is 60.0. The molecule has 29 heavy (non-hydrogen) atoms. The summed E-state index contributed by atoms with van der Waals surface area (Å²) in [6.07, 6.45) is 8.28. The molecule has 2 unspecified atom stereocenters. The fourth-order valence-electron chi connectivity index (χ4n) is 2.24. The summed E-state index contributed by atoms with van der Waals surface area (Å²) in [7, 11) is -11.0. The van der Waals surface area contributed by atoms with Gasteiger partial charge < -0.3 is 19.0 Å². The Morgan fingerprint density at radius 1 is 0.966 bits per heavy atom. The molecule has 0 saturated heterocycles. The van der Waals surface area contributed by atoms with Crippen LogP contribution in [0.4, 0.5) is 8.78 Å². The number of ether oxygens (including phenoxy) is 1. The van der Waals surface area contributed by atoms with Crippen molar-refractivity contribution in [2.75, 3.05) is 19.6 Å². The van der Waals surface area contributed by atoms with Crippen molar-refractivity contribution in [1.29, 1.82) is 0 Å². The Morgan fingerprint density at radius 2 is 1.48 bits per heavy atom. The highest BCUT2D eigenvalue weighted by Crippen LogP contribution is 2.74. The van der Waals surface area contributed by atoms with Gasteiger partial charge in [-0.25, -0.2) is 0 Å². The van der Waals surface area contributed by atoms with Gasteiger partial charge in [0.05, 0.1) is 13.2 Å². The molecule has 0 aliphatic heterocycles. The maximum absolute atomic E-state index is 13.9. The van der Waals surface area contributed by atoms with Crippen molar-refractivity contribution < 1.29 is 37.0 Å². The molecule has 0 aromatic heterocycles. The Labute approximate surface area is 172 Å². The fourth-order valence-corrected chi connectivity index (χ4v) is 5.18. The summed E-state index contributed by atoms with van der Waals surface area (Å²) in [4.78, 5) is 18.7. The van der Waals surface area contributed by atoms with E-state index in [-0.39, 0.29) is 6.61 Å². The summed E-state index contributed by atoms with van der Waals surface area (Å²) in [5.74, 6) is 0. The van der Waals surface area contributed by atoms with Crippen molar-refractivity contribution >= 4 is 15.0 Å². The molecule has 0 radical (unpaired) electrons. The predicted molar refractivity (Wildman–Crippen MR) is 112 cm³/mol. The Balaban J connectivity index is 4.49. The van der Waals surface area contributed by atoms with Crippen LogP contribution in [0.15, 0.2) is 34.9 Å². The molecular weight excluding hydrogens is 424 g/mol. The van der Waals surface area contributed by atoms with E-state index in [9.17, 15) is 27.7 Å². The Hall–Kier alpha value is -0.620. The van der Waals surface area contributed by atoms with E-state index in [0.29, 0.717) is 0 Å². The molecule has 0 spiro atoms. The summed E-state index contributed by atoms with van der Waals surface area (Å²) in [5, 5.41) is -4.79. The normalized spacial score (nSPS) is 17.6. The molecule has 0 aromatic carbocycles. The smallest absolute Gasteiger partial charge is 0.367 e. The molecule has 0 fully saturated rings. The van der Waals surface area contributed by atoms with Crippen LogP contribution in [0.25, 0.3) is 0 Å². The molecule has 2 N–H and O–H groups in total. The molecule has 0 aliphatic rings. The van der Waals surface area contributed by atoms with Gasteiger partial charge in [-0.1, -0.05) is 34.9 Å². The van der Waals surface area contributed by atoms with Crippen molar-refractivity contribution in [1.82, 2.24) is 0 Å². The lowest BCUT2D eigenvalue weighted by Gasteiger charge is -2.25. The van der Waals surface area contributed by atoms with Crippen LogP contribution in [-0.2, 0) is 18.4 Å². The SMILES string of the molecule is CCOP(=O)(O)C(F)(F)P(=O)(O)COCC=C(C)CCC=C(C)CCC=C(C)C. The van der Waals surface area contributed by atoms with Crippen LogP contribution in [0.1, 0.15) is 60.3 Å². The standard InChI is InChI=1S/C19H34F2O6P2/c1-6-27-29(24,25)19(20,21)28(22,23)15-26-14-13-18(5)12-8-11-17(4)10-7-9-16(2)3/h9,11,13H,6-8,10,12,14-15H2,1-5H3,(H,22,23)(H,24,25). The molecule has 10 heteroatoms. The third kappa shape index (κ3) is 10.3. The first-order chi connectivity index (χ1) is 13.3. The van der Waals surface area contributed by atoms with Gasteiger partial charge >= 0.3 is 20.4 Å². The van der Waals surface area contributed by atoms with Crippen LogP contribution < -0.4 is 0 Å². The first kappa shape index (κ1) is 28.4. The highest BCUT2D eigenvalue weighted by molar-refractivity contribution is 7.75. The molecule has 0 amide bonds. The van der Waals surface area contributed by atoms with Gasteiger partial charge in [0.1, 0.15) is 6.35 Å². The molecular formula is C19H34F2O6P2. The van der Waals surface area contributed by atoms with Gasteiger partial charge in [-0.3, -0.25) is 9.13 Å². The third-order valence-corrected chi connectivity index (χ3v) is 8.36. The topological polar surface area (TPSA) is 93.1 Å². The van der Waals surface area contributed by atoms with E-state index in [1.807, 2.05) is 6.92 Å². The number of rotatable bonds is 14. The highest BCUT2D eigenvalue weighted by Gasteiger charge is 2.64. The lowest BCUT2D eigenvalue weighted by Crippen LogP contribution is -2.21. The van der Waals surface area contributed by atoms with Gasteiger partial charge in [-0.15, -0.1) is 0 Å². The van der Waals surface area contributed by atoms with Gasteiger partial charge in [-0.05, 0) is 60.3 Å².